The van der Waals surface area contributed by atoms with Crippen LogP contribution in [0, 0.1) is 5.82 Å². The number of hydrogen-bond donors (Lipinski definition) is 1. The van der Waals surface area contributed by atoms with E-state index in [-0.39, 0.29) is 12.4 Å². The van der Waals surface area contributed by atoms with E-state index in [1.807, 2.05) is 29.2 Å². The summed E-state index contributed by atoms with van der Waals surface area (Å²) in [7, 11) is 0. The number of thiocarbonyl (C=S) groups is 1. The molecule has 0 aliphatic carbocycles. The highest BCUT2D eigenvalue weighted by Crippen LogP contribution is 2.32. The van der Waals surface area contributed by atoms with E-state index in [0.29, 0.717) is 28.1 Å². The molecule has 27 heavy (non-hydrogen) atoms. The van der Waals surface area contributed by atoms with Crippen LogP contribution in [0.1, 0.15) is 16.8 Å². The molecule has 0 atom stereocenters. The smallest absolute Gasteiger partial charge is 0.323 e. The van der Waals surface area contributed by atoms with Crippen molar-refractivity contribution in [2.45, 2.75) is 19.5 Å². The summed E-state index contributed by atoms with van der Waals surface area (Å²) in [6.07, 6.45) is 0.737. The van der Waals surface area contributed by atoms with Crippen molar-refractivity contribution >= 4 is 50.0 Å². The Morgan fingerprint density at radius 3 is 2.78 bits per heavy atom. The molecule has 0 fully saturated rings. The van der Waals surface area contributed by atoms with Crippen LogP contribution < -0.4 is 0 Å². The van der Waals surface area contributed by atoms with Crippen molar-refractivity contribution in [1.29, 1.82) is 0 Å². The lowest BCUT2D eigenvalue weighted by Crippen LogP contribution is -2.38. The molecule has 3 aromatic rings. The third kappa shape index (κ3) is 3.26. The Kier molecular flexibility index (Phi) is 4.74. The first-order valence-corrected chi connectivity index (χ1v) is 9.71. The highest BCUT2D eigenvalue weighted by atomic mass is 79.9. The van der Waals surface area contributed by atoms with Crippen molar-refractivity contribution < 1.29 is 14.3 Å². The van der Waals surface area contributed by atoms with E-state index < -0.39 is 5.97 Å². The number of halogens is 2. The van der Waals surface area contributed by atoms with Gasteiger partial charge in [0.1, 0.15) is 17.4 Å². The fourth-order valence-corrected chi connectivity index (χ4v) is 4.40. The molecule has 0 unspecified atom stereocenters. The minimum absolute atomic E-state index is 0.156. The van der Waals surface area contributed by atoms with Gasteiger partial charge in [-0.2, -0.15) is 0 Å². The molecule has 0 radical (unpaired) electrons. The van der Waals surface area contributed by atoms with Crippen molar-refractivity contribution in [2.24, 2.45) is 0 Å². The first kappa shape index (κ1) is 18.1. The van der Waals surface area contributed by atoms with Crippen molar-refractivity contribution in [2.75, 3.05) is 6.54 Å². The molecule has 1 aliphatic rings. The van der Waals surface area contributed by atoms with Gasteiger partial charge in [0.15, 0.2) is 0 Å². The number of aliphatic carboxylic acids is 1. The quantitative estimate of drug-likeness (QED) is 0.604. The fourth-order valence-electron chi connectivity index (χ4n) is 3.68. The second-order valence-electron chi connectivity index (χ2n) is 6.54. The summed E-state index contributed by atoms with van der Waals surface area (Å²) in [6, 6.07) is 12.7. The van der Waals surface area contributed by atoms with E-state index in [1.54, 1.807) is 16.7 Å². The number of para-hydroxylation sites is 1. The molecule has 1 aromatic heterocycles. The van der Waals surface area contributed by atoms with E-state index >= 15 is 0 Å². The minimum atomic E-state index is -0.919. The monoisotopic (exact) mass is 446 g/mol. The highest BCUT2D eigenvalue weighted by Gasteiger charge is 2.29. The molecule has 0 bridgehead atoms. The van der Waals surface area contributed by atoms with Crippen molar-refractivity contribution in [3.63, 3.8) is 0 Å². The third-order valence-corrected chi connectivity index (χ3v) is 5.81. The SMILES string of the molecule is O=C(O)Cn1c2c(c3ccccc31)CCN(Cc1ccc(Br)cc1F)C2=S. The van der Waals surface area contributed by atoms with Crippen LogP contribution in [0.25, 0.3) is 10.9 Å². The largest absolute Gasteiger partial charge is 0.480 e. The number of carbonyl (C=O) groups is 1. The number of rotatable bonds is 4. The third-order valence-electron chi connectivity index (χ3n) is 4.87. The van der Waals surface area contributed by atoms with E-state index in [0.717, 1.165) is 28.6 Å². The lowest BCUT2D eigenvalue weighted by Gasteiger charge is -2.31. The van der Waals surface area contributed by atoms with E-state index in [1.165, 1.54) is 6.07 Å². The van der Waals surface area contributed by atoms with Crippen molar-refractivity contribution in [1.82, 2.24) is 9.47 Å². The Morgan fingerprint density at radius 2 is 2.04 bits per heavy atom. The normalized spacial score (nSPS) is 13.9. The molecule has 2 aromatic carbocycles. The summed E-state index contributed by atoms with van der Waals surface area (Å²) >= 11 is 8.98. The van der Waals surface area contributed by atoms with E-state index in [4.69, 9.17) is 12.2 Å². The summed E-state index contributed by atoms with van der Waals surface area (Å²) < 4.78 is 16.7. The molecule has 1 aliphatic heterocycles. The number of carboxylic acids is 1. The van der Waals surface area contributed by atoms with Crippen molar-refractivity contribution in [3.05, 3.63) is 69.6 Å². The van der Waals surface area contributed by atoms with Gasteiger partial charge in [0.2, 0.25) is 0 Å². The predicted molar refractivity (Wildman–Crippen MR) is 109 cm³/mol. The molecule has 4 nitrogen and oxygen atoms in total. The van der Waals surface area contributed by atoms with Gasteiger partial charge in [0.05, 0.1) is 5.69 Å². The molecule has 0 amide bonds. The lowest BCUT2D eigenvalue weighted by atomic mass is 10.0. The predicted octanol–water partition coefficient (Wildman–Crippen LogP) is 4.36. The first-order valence-electron chi connectivity index (χ1n) is 8.51. The summed E-state index contributed by atoms with van der Waals surface area (Å²) in [5.74, 6) is -1.21. The first-order chi connectivity index (χ1) is 13.0. The molecular formula is C20H16BrFN2O2S. The van der Waals surface area contributed by atoms with Crippen LogP contribution in [0.3, 0.4) is 0 Å². The van der Waals surface area contributed by atoms with Gasteiger partial charge < -0.3 is 14.6 Å². The van der Waals surface area contributed by atoms with Crippen LogP contribution >= 0.6 is 28.1 Å². The second-order valence-corrected chi connectivity index (χ2v) is 7.84. The van der Waals surface area contributed by atoms with E-state index in [9.17, 15) is 14.3 Å². The number of hydrogen-bond acceptors (Lipinski definition) is 2. The number of benzene rings is 2. The Bertz CT molecular complexity index is 1080. The Labute approximate surface area is 169 Å². The lowest BCUT2D eigenvalue weighted by molar-refractivity contribution is -0.137. The number of aromatic nitrogens is 1. The van der Waals surface area contributed by atoms with Gasteiger partial charge >= 0.3 is 5.97 Å². The van der Waals surface area contributed by atoms with Gasteiger partial charge in [-0.1, -0.05) is 52.4 Å². The van der Waals surface area contributed by atoms with E-state index in [2.05, 4.69) is 15.9 Å². The molecule has 0 saturated heterocycles. The van der Waals surface area contributed by atoms with Gasteiger partial charge in [-0.05, 0) is 30.2 Å². The van der Waals surface area contributed by atoms with Gasteiger partial charge in [0, 0.05) is 34.0 Å². The van der Waals surface area contributed by atoms with Crippen molar-refractivity contribution in [3.8, 4) is 0 Å². The molecule has 4 rings (SSSR count). The summed E-state index contributed by atoms with van der Waals surface area (Å²) in [6.45, 7) is 0.866. The van der Waals surface area contributed by atoms with Crippen LogP contribution in [0.15, 0.2) is 46.9 Å². The summed E-state index contributed by atoms with van der Waals surface area (Å²) in [5.41, 5.74) is 3.26. The van der Waals surface area contributed by atoms with Gasteiger partial charge in [-0.3, -0.25) is 4.79 Å². The van der Waals surface area contributed by atoms with Crippen LogP contribution in [0.5, 0.6) is 0 Å². The molecule has 0 spiro atoms. The topological polar surface area (TPSA) is 45.5 Å². The zero-order valence-electron chi connectivity index (χ0n) is 14.3. The molecule has 138 valence electrons. The van der Waals surface area contributed by atoms with Crippen LogP contribution in [0.4, 0.5) is 4.39 Å². The number of carboxylic acid groups (broad SMARTS) is 1. The standard InChI is InChI=1S/C20H16BrFN2O2S/c21-13-6-5-12(16(22)9-13)10-23-8-7-15-14-3-1-2-4-17(14)24(11-18(25)26)19(15)20(23)27/h1-6,9H,7-8,10-11H2,(H,25,26). The zero-order chi connectivity index (χ0) is 19.1. The molecule has 1 N–H and O–H groups in total. The maximum Gasteiger partial charge on any atom is 0.323 e. The average molecular weight is 447 g/mol. The fraction of sp³-hybridized carbons (Fsp3) is 0.200. The van der Waals surface area contributed by atoms with Gasteiger partial charge in [-0.25, -0.2) is 4.39 Å². The van der Waals surface area contributed by atoms with Gasteiger partial charge in [-0.15, -0.1) is 0 Å². The van der Waals surface area contributed by atoms with Crippen LogP contribution in [0.2, 0.25) is 0 Å². The maximum absolute atomic E-state index is 14.3. The minimum Gasteiger partial charge on any atom is -0.480 e. The maximum atomic E-state index is 14.3. The number of fused-ring (bicyclic) bond motifs is 3. The molecule has 0 saturated carbocycles. The highest BCUT2D eigenvalue weighted by molar-refractivity contribution is 9.10. The Balaban J connectivity index is 1.76. The second kappa shape index (κ2) is 7.05. The van der Waals surface area contributed by atoms with Gasteiger partial charge in [0.25, 0.3) is 0 Å². The Hall–Kier alpha value is -2.25. The average Bonchev–Trinajstić information content (AvgIpc) is 2.94. The Morgan fingerprint density at radius 1 is 1.26 bits per heavy atom. The summed E-state index contributed by atoms with van der Waals surface area (Å²) in [4.78, 5) is 13.9. The molecule has 7 heteroatoms. The zero-order valence-corrected chi connectivity index (χ0v) is 16.7. The van der Waals surface area contributed by atoms with Crippen LogP contribution in [-0.2, 0) is 24.3 Å². The summed E-state index contributed by atoms with van der Waals surface area (Å²) in [5, 5.41) is 10.4. The van der Waals surface area contributed by atoms with Crippen LogP contribution in [-0.4, -0.2) is 32.1 Å². The molecular weight excluding hydrogens is 431 g/mol. The number of nitrogens with zero attached hydrogens (tertiary/aromatic N) is 2. The molecule has 2 heterocycles.